The summed E-state index contributed by atoms with van der Waals surface area (Å²) >= 11 is 0. The van der Waals surface area contributed by atoms with Gasteiger partial charge in [0.1, 0.15) is 5.82 Å². The number of hydrogen-bond acceptors (Lipinski definition) is 2. The minimum absolute atomic E-state index is 0.151. The van der Waals surface area contributed by atoms with Gasteiger partial charge in [0.2, 0.25) is 0 Å². The maximum atomic E-state index is 13.4. The number of aromatic nitrogens is 1. The van der Waals surface area contributed by atoms with E-state index in [0.717, 1.165) is 5.56 Å². The number of halogens is 1. The van der Waals surface area contributed by atoms with Gasteiger partial charge in [-0.2, -0.15) is 0 Å². The summed E-state index contributed by atoms with van der Waals surface area (Å²) in [4.78, 5) is 15.7. The number of nitrogens with one attached hydrogen (secondary N) is 2. The van der Waals surface area contributed by atoms with Gasteiger partial charge in [-0.3, -0.25) is 4.98 Å². The molecule has 0 aliphatic heterocycles. The zero-order valence-corrected chi connectivity index (χ0v) is 10.4. The van der Waals surface area contributed by atoms with Gasteiger partial charge in [0.25, 0.3) is 0 Å². The van der Waals surface area contributed by atoms with Crippen LogP contribution in [0.1, 0.15) is 18.5 Å². The van der Waals surface area contributed by atoms with Gasteiger partial charge in [-0.05, 0) is 30.7 Å². The summed E-state index contributed by atoms with van der Waals surface area (Å²) in [5.41, 5.74) is 1.03. The van der Waals surface area contributed by atoms with Gasteiger partial charge in [0.15, 0.2) is 0 Å². The Morgan fingerprint density at radius 3 is 2.74 bits per heavy atom. The van der Waals surface area contributed by atoms with E-state index in [2.05, 4.69) is 15.6 Å². The summed E-state index contributed by atoms with van der Waals surface area (Å²) < 4.78 is 13.4. The molecule has 0 saturated heterocycles. The smallest absolute Gasteiger partial charge is 0.319 e. The van der Waals surface area contributed by atoms with Gasteiger partial charge in [-0.25, -0.2) is 9.18 Å². The van der Waals surface area contributed by atoms with E-state index >= 15 is 0 Å². The molecule has 2 rings (SSSR count). The molecule has 1 heterocycles. The Labute approximate surface area is 110 Å². The molecule has 0 radical (unpaired) electrons. The molecule has 1 atom stereocenters. The van der Waals surface area contributed by atoms with Crippen LogP contribution in [0.5, 0.6) is 0 Å². The summed E-state index contributed by atoms with van der Waals surface area (Å²) in [5, 5.41) is 5.18. The molecule has 0 bridgehead atoms. The predicted molar refractivity (Wildman–Crippen MR) is 71.2 cm³/mol. The number of nitrogens with zero attached hydrogens (tertiary/aromatic N) is 1. The monoisotopic (exact) mass is 259 g/mol. The van der Waals surface area contributed by atoms with Crippen LogP contribution in [0.2, 0.25) is 0 Å². The van der Waals surface area contributed by atoms with E-state index in [4.69, 9.17) is 0 Å². The Morgan fingerprint density at radius 1 is 1.26 bits per heavy atom. The highest BCUT2D eigenvalue weighted by Gasteiger charge is 2.10. The molecule has 4 nitrogen and oxygen atoms in total. The van der Waals surface area contributed by atoms with Gasteiger partial charge in [-0.1, -0.05) is 18.2 Å². The van der Waals surface area contributed by atoms with Crippen molar-refractivity contribution in [2.24, 2.45) is 0 Å². The Balaban J connectivity index is 1.97. The van der Waals surface area contributed by atoms with Crippen molar-refractivity contribution in [2.75, 3.05) is 5.32 Å². The maximum Gasteiger partial charge on any atom is 0.319 e. The number of benzene rings is 1. The number of pyridine rings is 1. The van der Waals surface area contributed by atoms with Crippen molar-refractivity contribution in [1.29, 1.82) is 0 Å². The lowest BCUT2D eigenvalue weighted by Crippen LogP contribution is -2.31. The van der Waals surface area contributed by atoms with Crippen LogP contribution in [0.3, 0.4) is 0 Å². The molecule has 2 aromatic rings. The quantitative estimate of drug-likeness (QED) is 0.889. The molecule has 0 aliphatic carbocycles. The predicted octanol–water partition coefficient (Wildman–Crippen LogP) is 3.10. The number of urea groups is 1. The lowest BCUT2D eigenvalue weighted by Gasteiger charge is -2.14. The fourth-order valence-electron chi connectivity index (χ4n) is 1.63. The van der Waals surface area contributed by atoms with E-state index in [0.29, 0.717) is 0 Å². The second-order valence-corrected chi connectivity index (χ2v) is 4.09. The first-order valence-electron chi connectivity index (χ1n) is 5.89. The van der Waals surface area contributed by atoms with Crippen LogP contribution in [-0.2, 0) is 0 Å². The Kier molecular flexibility index (Phi) is 4.07. The molecule has 0 spiro atoms. The van der Waals surface area contributed by atoms with Crippen molar-refractivity contribution in [3.8, 4) is 0 Å². The average molecular weight is 259 g/mol. The first-order valence-corrected chi connectivity index (χ1v) is 5.89. The third-order valence-electron chi connectivity index (χ3n) is 2.65. The molecule has 2 amide bonds. The molecule has 2 N–H and O–H groups in total. The maximum absolute atomic E-state index is 13.4. The van der Waals surface area contributed by atoms with Crippen LogP contribution >= 0.6 is 0 Å². The zero-order valence-electron chi connectivity index (χ0n) is 10.4. The number of carbonyl (C=O) groups excluding carboxylic acids is 1. The molecular formula is C14H14FN3O. The standard InChI is InChI=1S/C14H14FN3O/c1-10(11-5-4-8-16-9-11)17-14(19)18-13-7-3-2-6-12(13)15/h2-10H,1H3,(H2,17,18,19)/t10-/m1/s1. The second-order valence-electron chi connectivity index (χ2n) is 4.09. The summed E-state index contributed by atoms with van der Waals surface area (Å²) in [6, 6.07) is 9.01. The second kappa shape index (κ2) is 5.95. The lowest BCUT2D eigenvalue weighted by molar-refractivity contribution is 0.249. The SMILES string of the molecule is C[C@@H](NC(=O)Nc1ccccc1F)c1cccnc1. The van der Waals surface area contributed by atoms with E-state index in [-0.39, 0.29) is 11.7 Å². The van der Waals surface area contributed by atoms with Crippen LogP contribution in [0, 0.1) is 5.82 Å². The average Bonchev–Trinajstić information content (AvgIpc) is 2.42. The minimum Gasteiger partial charge on any atom is -0.331 e. The number of anilines is 1. The number of carbonyl (C=O) groups is 1. The molecule has 0 aliphatic rings. The van der Waals surface area contributed by atoms with E-state index in [1.54, 1.807) is 30.6 Å². The largest absolute Gasteiger partial charge is 0.331 e. The van der Waals surface area contributed by atoms with Crippen LogP contribution in [0.4, 0.5) is 14.9 Å². The molecule has 0 fully saturated rings. The molecule has 0 unspecified atom stereocenters. The summed E-state index contributed by atoms with van der Waals surface area (Å²) in [7, 11) is 0. The van der Waals surface area contributed by atoms with Crippen LogP contribution in [0.25, 0.3) is 0 Å². The van der Waals surface area contributed by atoms with Gasteiger partial charge in [0, 0.05) is 12.4 Å². The number of amides is 2. The highest BCUT2D eigenvalue weighted by Crippen LogP contribution is 2.13. The van der Waals surface area contributed by atoms with Crippen molar-refractivity contribution in [1.82, 2.24) is 10.3 Å². The third kappa shape index (κ3) is 3.51. The number of hydrogen-bond donors (Lipinski definition) is 2. The van der Waals surface area contributed by atoms with Crippen molar-refractivity contribution in [3.05, 3.63) is 60.2 Å². The summed E-state index contributed by atoms with van der Waals surface area (Å²) in [6.45, 7) is 1.83. The van der Waals surface area contributed by atoms with E-state index in [1.165, 1.54) is 12.1 Å². The highest BCUT2D eigenvalue weighted by atomic mass is 19.1. The Bertz CT molecular complexity index is 560. The molecule has 0 saturated carbocycles. The summed E-state index contributed by atoms with van der Waals surface area (Å²) in [5.74, 6) is -0.466. The van der Waals surface area contributed by atoms with E-state index in [1.807, 2.05) is 13.0 Å². The highest BCUT2D eigenvalue weighted by molar-refractivity contribution is 5.89. The van der Waals surface area contributed by atoms with Crippen LogP contribution < -0.4 is 10.6 Å². The molecule has 1 aromatic heterocycles. The van der Waals surface area contributed by atoms with Crippen LogP contribution in [0.15, 0.2) is 48.8 Å². The Morgan fingerprint density at radius 2 is 2.05 bits per heavy atom. The minimum atomic E-state index is -0.466. The van der Waals surface area contributed by atoms with Crippen molar-refractivity contribution in [3.63, 3.8) is 0 Å². The van der Waals surface area contributed by atoms with Gasteiger partial charge in [0.05, 0.1) is 11.7 Å². The van der Waals surface area contributed by atoms with E-state index in [9.17, 15) is 9.18 Å². The third-order valence-corrected chi connectivity index (χ3v) is 2.65. The van der Waals surface area contributed by atoms with Crippen molar-refractivity contribution < 1.29 is 9.18 Å². The van der Waals surface area contributed by atoms with Gasteiger partial charge in [-0.15, -0.1) is 0 Å². The normalized spacial score (nSPS) is 11.7. The molecule has 19 heavy (non-hydrogen) atoms. The zero-order chi connectivity index (χ0) is 13.7. The molecule has 1 aromatic carbocycles. The first-order chi connectivity index (χ1) is 9.16. The topological polar surface area (TPSA) is 54.0 Å². The fourth-order valence-corrected chi connectivity index (χ4v) is 1.63. The molecule has 5 heteroatoms. The molecule has 98 valence electrons. The van der Waals surface area contributed by atoms with Gasteiger partial charge < -0.3 is 10.6 Å². The number of rotatable bonds is 3. The fraction of sp³-hybridized carbons (Fsp3) is 0.143. The lowest BCUT2D eigenvalue weighted by atomic mass is 10.1. The van der Waals surface area contributed by atoms with Crippen molar-refractivity contribution >= 4 is 11.7 Å². The number of para-hydroxylation sites is 1. The first kappa shape index (κ1) is 13.0. The van der Waals surface area contributed by atoms with Crippen LogP contribution in [-0.4, -0.2) is 11.0 Å². The Hall–Kier alpha value is -2.43. The van der Waals surface area contributed by atoms with Crippen molar-refractivity contribution in [2.45, 2.75) is 13.0 Å². The summed E-state index contributed by atoms with van der Waals surface area (Å²) in [6.07, 6.45) is 3.34. The molecular weight excluding hydrogens is 245 g/mol. The van der Waals surface area contributed by atoms with E-state index < -0.39 is 11.8 Å². The van der Waals surface area contributed by atoms with Gasteiger partial charge >= 0.3 is 6.03 Å².